The fourth-order valence-electron chi connectivity index (χ4n) is 6.49. The predicted octanol–water partition coefficient (Wildman–Crippen LogP) is 7.89. The average Bonchev–Trinajstić information content (AvgIpc) is 3.13. The molecule has 0 spiro atoms. The fraction of sp³-hybridized carbons (Fsp3) is 0.902. The van der Waals surface area contributed by atoms with Crippen LogP contribution < -0.4 is 0 Å². The molecule has 12 nitrogen and oxygen atoms in total. The number of aliphatic hydroxyl groups excluding tert-OH is 3. The van der Waals surface area contributed by atoms with Crippen molar-refractivity contribution in [1.29, 1.82) is 0 Å². The van der Waals surface area contributed by atoms with Crippen molar-refractivity contribution < 1.29 is 56.8 Å². The Kier molecular flexibility index (Phi) is 30.3. The van der Waals surface area contributed by atoms with Gasteiger partial charge < -0.3 is 34.3 Å². The summed E-state index contributed by atoms with van der Waals surface area (Å²) in [6, 6.07) is 0. The highest BCUT2D eigenvalue weighted by atomic mass is 32.2. The van der Waals surface area contributed by atoms with E-state index in [-0.39, 0.29) is 19.4 Å². The summed E-state index contributed by atoms with van der Waals surface area (Å²) in [5.74, 6) is -1.99. The van der Waals surface area contributed by atoms with Crippen LogP contribution >= 0.6 is 0 Å². The molecule has 318 valence electrons. The summed E-state index contributed by atoms with van der Waals surface area (Å²) < 4.78 is 53.9. The molecule has 0 aromatic rings. The van der Waals surface area contributed by atoms with Gasteiger partial charge in [-0.1, -0.05) is 142 Å². The van der Waals surface area contributed by atoms with E-state index in [0.29, 0.717) is 12.8 Å². The van der Waals surface area contributed by atoms with Crippen LogP contribution in [0.3, 0.4) is 0 Å². The predicted molar refractivity (Wildman–Crippen MR) is 210 cm³/mol. The number of esters is 2. The molecule has 6 atom stereocenters. The van der Waals surface area contributed by atoms with Crippen LogP contribution in [0.15, 0.2) is 12.2 Å². The first kappa shape index (κ1) is 50.4. The molecule has 2 unspecified atom stereocenters. The minimum Gasteiger partial charge on any atom is -0.462 e. The SMILES string of the molecule is CCCCCCCC/C=C/CCCCCCCC(=O)O[C@H](COC(=O)CCCCCCCCCCCCC)CO[C@H]1O[C@H](CS(=O)(=O)O)[C@@H](O)C(O)C1O. The summed E-state index contributed by atoms with van der Waals surface area (Å²) >= 11 is 0. The van der Waals surface area contributed by atoms with E-state index < -0.39 is 71.2 Å². The van der Waals surface area contributed by atoms with E-state index in [1.165, 1.54) is 83.5 Å². The van der Waals surface area contributed by atoms with E-state index in [9.17, 15) is 37.9 Å². The lowest BCUT2D eigenvalue weighted by atomic mass is 10.00. The summed E-state index contributed by atoms with van der Waals surface area (Å²) in [5, 5.41) is 30.8. The summed E-state index contributed by atoms with van der Waals surface area (Å²) in [7, 11) is -4.60. The number of carbonyl (C=O) groups excluding carboxylic acids is 2. The number of hydrogen-bond acceptors (Lipinski definition) is 11. The van der Waals surface area contributed by atoms with E-state index in [1.54, 1.807) is 0 Å². The third-order valence-electron chi connectivity index (χ3n) is 9.85. The molecule has 0 aliphatic carbocycles. The smallest absolute Gasteiger partial charge is 0.306 e. The van der Waals surface area contributed by atoms with Gasteiger partial charge in [-0.15, -0.1) is 0 Å². The molecular formula is C41H76O12S. The second-order valence-corrected chi connectivity index (χ2v) is 16.5. The highest BCUT2D eigenvalue weighted by molar-refractivity contribution is 7.85. The molecule has 13 heteroatoms. The van der Waals surface area contributed by atoms with Crippen molar-refractivity contribution in [2.75, 3.05) is 19.0 Å². The molecule has 0 amide bonds. The van der Waals surface area contributed by atoms with Gasteiger partial charge in [0.25, 0.3) is 10.1 Å². The van der Waals surface area contributed by atoms with Crippen LogP contribution in [0.4, 0.5) is 0 Å². The van der Waals surface area contributed by atoms with E-state index in [0.717, 1.165) is 57.8 Å². The first-order valence-electron chi connectivity index (χ1n) is 21.2. The van der Waals surface area contributed by atoms with Crippen molar-refractivity contribution in [2.45, 2.75) is 218 Å². The van der Waals surface area contributed by atoms with Crippen LogP contribution in [-0.2, 0) is 38.7 Å². The molecule has 1 heterocycles. The van der Waals surface area contributed by atoms with Gasteiger partial charge in [0.15, 0.2) is 12.4 Å². The number of ether oxygens (including phenoxy) is 4. The zero-order valence-electron chi connectivity index (χ0n) is 33.6. The summed E-state index contributed by atoms with van der Waals surface area (Å²) in [4.78, 5) is 25.3. The topological polar surface area (TPSA) is 186 Å². The van der Waals surface area contributed by atoms with E-state index in [2.05, 4.69) is 26.0 Å². The van der Waals surface area contributed by atoms with Crippen LogP contribution in [0.5, 0.6) is 0 Å². The molecule has 0 bridgehead atoms. The number of unbranched alkanes of at least 4 members (excludes halogenated alkanes) is 21. The summed E-state index contributed by atoms with van der Waals surface area (Å²) in [5.41, 5.74) is 0. The Labute approximate surface area is 326 Å². The summed E-state index contributed by atoms with van der Waals surface area (Å²) in [6.45, 7) is 3.73. The summed E-state index contributed by atoms with van der Waals surface area (Å²) in [6.07, 6.45) is 22.6. The van der Waals surface area contributed by atoms with Gasteiger partial charge in [0.2, 0.25) is 0 Å². The van der Waals surface area contributed by atoms with Gasteiger partial charge in [0.05, 0.1) is 6.61 Å². The maximum Gasteiger partial charge on any atom is 0.306 e. The van der Waals surface area contributed by atoms with Crippen LogP contribution in [0.1, 0.15) is 181 Å². The van der Waals surface area contributed by atoms with Gasteiger partial charge in [-0.2, -0.15) is 8.42 Å². The quantitative estimate of drug-likeness (QED) is 0.0211. The van der Waals surface area contributed by atoms with Crippen molar-refractivity contribution in [3.05, 3.63) is 12.2 Å². The number of carbonyl (C=O) groups is 2. The molecule has 0 aromatic heterocycles. The van der Waals surface area contributed by atoms with Crippen LogP contribution in [-0.4, -0.2) is 96.0 Å². The molecule has 4 N–H and O–H groups in total. The van der Waals surface area contributed by atoms with Crippen molar-refractivity contribution in [3.63, 3.8) is 0 Å². The minimum atomic E-state index is -4.60. The largest absolute Gasteiger partial charge is 0.462 e. The molecule has 0 saturated carbocycles. The van der Waals surface area contributed by atoms with Gasteiger partial charge in [-0.3, -0.25) is 14.1 Å². The second-order valence-electron chi connectivity index (χ2n) is 15.0. The Balaban J connectivity index is 2.48. The monoisotopic (exact) mass is 793 g/mol. The Bertz CT molecular complexity index is 1070. The lowest BCUT2D eigenvalue weighted by Crippen LogP contribution is -2.60. The second kappa shape index (κ2) is 32.5. The van der Waals surface area contributed by atoms with Crippen molar-refractivity contribution in [1.82, 2.24) is 0 Å². The van der Waals surface area contributed by atoms with Gasteiger partial charge in [0, 0.05) is 12.8 Å². The molecule has 0 radical (unpaired) electrons. The molecule has 0 aromatic carbocycles. The molecule has 1 rings (SSSR count). The minimum absolute atomic E-state index is 0.158. The Hall–Kier alpha value is -1.61. The molecule has 1 aliphatic heterocycles. The van der Waals surface area contributed by atoms with E-state index >= 15 is 0 Å². The van der Waals surface area contributed by atoms with Crippen LogP contribution in [0, 0.1) is 0 Å². The number of aliphatic hydroxyl groups is 3. The molecule has 54 heavy (non-hydrogen) atoms. The van der Waals surface area contributed by atoms with Crippen molar-refractivity contribution in [2.24, 2.45) is 0 Å². The fourth-order valence-corrected chi connectivity index (χ4v) is 7.19. The van der Waals surface area contributed by atoms with Crippen molar-refractivity contribution in [3.8, 4) is 0 Å². The van der Waals surface area contributed by atoms with Gasteiger partial charge in [0.1, 0.15) is 36.8 Å². The Morgan fingerprint density at radius 2 is 1.06 bits per heavy atom. The molecule has 1 saturated heterocycles. The molecular weight excluding hydrogens is 717 g/mol. The zero-order chi connectivity index (χ0) is 39.9. The maximum atomic E-state index is 12.8. The number of allylic oxidation sites excluding steroid dienone is 2. The molecule has 1 aliphatic rings. The highest BCUT2D eigenvalue weighted by Gasteiger charge is 2.46. The third kappa shape index (κ3) is 27.1. The lowest BCUT2D eigenvalue weighted by molar-refractivity contribution is -0.297. The first-order valence-corrected chi connectivity index (χ1v) is 22.9. The number of rotatable bonds is 35. The molecule has 1 fully saturated rings. The third-order valence-corrected chi connectivity index (χ3v) is 10.6. The van der Waals surface area contributed by atoms with Gasteiger partial charge in [-0.05, 0) is 38.5 Å². The number of hydrogen-bond donors (Lipinski definition) is 4. The lowest BCUT2D eigenvalue weighted by Gasteiger charge is -2.40. The van der Waals surface area contributed by atoms with Crippen molar-refractivity contribution >= 4 is 22.1 Å². The maximum absolute atomic E-state index is 12.8. The Morgan fingerprint density at radius 3 is 1.54 bits per heavy atom. The van der Waals surface area contributed by atoms with Gasteiger partial charge >= 0.3 is 11.9 Å². The standard InChI is InChI=1S/C41H76O12S/c1-3-5-7-9-11-13-15-16-17-18-20-22-24-26-28-30-37(43)52-34(31-50-36(42)29-27-25-23-21-19-14-12-10-8-6-4-2)32-51-41-40(46)39(45)38(44)35(53-41)33-54(47,48)49/h16-17,34-35,38-41,44-46H,3-15,18-33H2,1-2H3,(H,47,48,49)/b17-16+/t34-,35-,38-,39?,40?,41+/m1/s1. The Morgan fingerprint density at radius 1 is 0.611 bits per heavy atom. The van der Waals surface area contributed by atoms with Crippen LogP contribution in [0.2, 0.25) is 0 Å². The van der Waals surface area contributed by atoms with E-state index in [1.807, 2.05) is 0 Å². The van der Waals surface area contributed by atoms with E-state index in [4.69, 9.17) is 18.9 Å². The normalized spacial score (nSPS) is 21.0. The average molecular weight is 793 g/mol. The van der Waals surface area contributed by atoms with Crippen LogP contribution in [0.25, 0.3) is 0 Å². The van der Waals surface area contributed by atoms with Gasteiger partial charge in [-0.25, -0.2) is 0 Å². The first-order chi connectivity index (χ1) is 26.0. The zero-order valence-corrected chi connectivity index (χ0v) is 34.4. The highest BCUT2D eigenvalue weighted by Crippen LogP contribution is 2.24.